The second-order valence-electron chi connectivity index (χ2n) is 8.06. The largest absolute Gasteiger partial charge is 0.452 e. The number of para-hydroxylation sites is 1. The maximum atomic E-state index is 12.9. The molecule has 0 spiro atoms. The van der Waals surface area contributed by atoms with Crippen LogP contribution >= 0.6 is 0 Å². The van der Waals surface area contributed by atoms with Gasteiger partial charge in [-0.1, -0.05) is 48.5 Å². The molecule has 8 nitrogen and oxygen atoms in total. The van der Waals surface area contributed by atoms with Crippen molar-refractivity contribution in [2.24, 2.45) is 0 Å². The van der Waals surface area contributed by atoms with Gasteiger partial charge in [0.15, 0.2) is 16.4 Å². The minimum absolute atomic E-state index is 0.0304. The molecule has 1 amide bonds. The quantitative estimate of drug-likeness (QED) is 0.575. The van der Waals surface area contributed by atoms with Crippen molar-refractivity contribution in [3.8, 4) is 16.9 Å². The van der Waals surface area contributed by atoms with Crippen LogP contribution in [-0.4, -0.2) is 53.7 Å². The van der Waals surface area contributed by atoms with Gasteiger partial charge in [0.25, 0.3) is 5.91 Å². The number of hydrogen-bond donors (Lipinski definition) is 1. The van der Waals surface area contributed by atoms with Crippen LogP contribution in [0.1, 0.15) is 23.7 Å². The molecule has 4 rings (SSSR count). The second kappa shape index (κ2) is 8.58. The molecule has 1 saturated heterocycles. The maximum absolute atomic E-state index is 12.9. The molecular formula is C23H23N3O5S. The highest BCUT2D eigenvalue weighted by Crippen LogP contribution is 2.25. The van der Waals surface area contributed by atoms with Gasteiger partial charge in [0.2, 0.25) is 0 Å². The Bertz CT molecular complexity index is 1240. The Morgan fingerprint density at radius 2 is 1.75 bits per heavy atom. The zero-order valence-electron chi connectivity index (χ0n) is 17.5. The normalized spacial score (nSPS) is 19.4. The van der Waals surface area contributed by atoms with Crippen LogP contribution in [0, 0.1) is 0 Å². The Hall–Kier alpha value is -3.46. The predicted octanol–water partition coefficient (Wildman–Crippen LogP) is 2.39. The van der Waals surface area contributed by atoms with E-state index in [2.05, 4.69) is 10.4 Å². The third-order valence-electron chi connectivity index (χ3n) is 5.28. The number of nitrogens with one attached hydrogen (secondary N) is 1. The van der Waals surface area contributed by atoms with Crippen molar-refractivity contribution in [3.05, 3.63) is 72.4 Å². The van der Waals surface area contributed by atoms with Crippen LogP contribution in [0.4, 0.5) is 0 Å². The first-order valence-electron chi connectivity index (χ1n) is 10.1. The number of ether oxygens (including phenoxy) is 1. The number of benzene rings is 2. The monoisotopic (exact) mass is 453 g/mol. The van der Waals surface area contributed by atoms with E-state index in [1.807, 2.05) is 60.7 Å². The first kappa shape index (κ1) is 21.8. The summed E-state index contributed by atoms with van der Waals surface area (Å²) in [4.78, 5) is 25.2. The molecule has 1 unspecified atom stereocenters. The zero-order chi connectivity index (χ0) is 22.8. The van der Waals surface area contributed by atoms with Gasteiger partial charge in [-0.25, -0.2) is 17.9 Å². The lowest BCUT2D eigenvalue weighted by molar-refractivity contribution is -0.125. The number of amides is 1. The predicted molar refractivity (Wildman–Crippen MR) is 119 cm³/mol. The molecule has 2 aromatic carbocycles. The van der Waals surface area contributed by atoms with Crippen molar-refractivity contribution in [1.82, 2.24) is 15.1 Å². The highest BCUT2D eigenvalue weighted by Gasteiger charge is 2.39. The highest BCUT2D eigenvalue weighted by atomic mass is 32.2. The molecule has 32 heavy (non-hydrogen) atoms. The van der Waals surface area contributed by atoms with Gasteiger partial charge in [0, 0.05) is 11.8 Å². The van der Waals surface area contributed by atoms with Crippen LogP contribution in [0.15, 0.2) is 66.9 Å². The van der Waals surface area contributed by atoms with Crippen LogP contribution in [0.3, 0.4) is 0 Å². The first-order valence-corrected chi connectivity index (χ1v) is 12.0. The summed E-state index contributed by atoms with van der Waals surface area (Å²) in [7, 11) is -3.17. The Labute approximate surface area is 186 Å². The van der Waals surface area contributed by atoms with Gasteiger partial charge < -0.3 is 10.1 Å². The number of rotatable bonds is 6. The van der Waals surface area contributed by atoms with E-state index < -0.39 is 33.9 Å². The van der Waals surface area contributed by atoms with E-state index in [0.717, 1.165) is 11.3 Å². The average molecular weight is 454 g/mol. The molecule has 1 aliphatic heterocycles. The fraction of sp³-hybridized carbons (Fsp3) is 0.261. The van der Waals surface area contributed by atoms with Crippen molar-refractivity contribution in [2.45, 2.75) is 18.9 Å². The van der Waals surface area contributed by atoms with Crippen molar-refractivity contribution >= 4 is 21.7 Å². The molecule has 2 heterocycles. The number of hydrogen-bond acceptors (Lipinski definition) is 6. The van der Waals surface area contributed by atoms with E-state index in [1.165, 1.54) is 0 Å². The first-order chi connectivity index (χ1) is 15.2. The summed E-state index contributed by atoms with van der Waals surface area (Å²) in [5, 5.41) is 7.24. The lowest BCUT2D eigenvalue weighted by atomic mass is 10.0. The van der Waals surface area contributed by atoms with Crippen molar-refractivity contribution < 1.29 is 22.7 Å². The minimum atomic E-state index is -3.17. The van der Waals surface area contributed by atoms with Gasteiger partial charge in [-0.05, 0) is 25.5 Å². The van der Waals surface area contributed by atoms with Gasteiger partial charge >= 0.3 is 5.97 Å². The van der Waals surface area contributed by atoms with Gasteiger partial charge in [-0.2, -0.15) is 5.10 Å². The lowest BCUT2D eigenvalue weighted by Gasteiger charge is -2.23. The Morgan fingerprint density at radius 1 is 1.09 bits per heavy atom. The summed E-state index contributed by atoms with van der Waals surface area (Å²) in [5.74, 6) is -1.33. The van der Waals surface area contributed by atoms with Crippen LogP contribution in [0.2, 0.25) is 0 Å². The van der Waals surface area contributed by atoms with Gasteiger partial charge in [-0.15, -0.1) is 0 Å². The van der Waals surface area contributed by atoms with E-state index in [0.29, 0.717) is 12.1 Å². The third-order valence-corrected chi connectivity index (χ3v) is 7.18. The van der Waals surface area contributed by atoms with Crippen LogP contribution in [0.25, 0.3) is 16.9 Å². The molecule has 1 aliphatic rings. The maximum Gasteiger partial charge on any atom is 0.342 e. The smallest absolute Gasteiger partial charge is 0.342 e. The summed E-state index contributed by atoms with van der Waals surface area (Å²) < 4.78 is 30.3. The number of carbonyl (C=O) groups excluding carboxylic acids is 2. The molecule has 1 fully saturated rings. The lowest BCUT2D eigenvalue weighted by Crippen LogP contribution is -2.48. The minimum Gasteiger partial charge on any atom is -0.452 e. The standard InChI is InChI=1S/C23H23N3O5S/c1-23(12-13-32(29,30)16-23)24-20(27)15-31-22(28)19-14-26(18-10-6-3-7-11-18)25-21(19)17-8-4-2-5-9-17/h2-11,14H,12-13,15-16H2,1H3,(H,24,27). The molecule has 0 saturated carbocycles. The van der Waals surface area contributed by atoms with Crippen LogP contribution in [-0.2, 0) is 19.4 Å². The van der Waals surface area contributed by atoms with E-state index in [9.17, 15) is 18.0 Å². The third kappa shape index (κ3) is 4.88. The SMILES string of the molecule is CC1(NC(=O)COC(=O)c2cn(-c3ccccc3)nc2-c2ccccc2)CCS(=O)(=O)C1. The van der Waals surface area contributed by atoms with E-state index in [1.54, 1.807) is 17.8 Å². The average Bonchev–Trinajstić information content (AvgIpc) is 3.34. The number of aromatic nitrogens is 2. The van der Waals surface area contributed by atoms with E-state index >= 15 is 0 Å². The zero-order valence-corrected chi connectivity index (χ0v) is 18.3. The summed E-state index contributed by atoms with van der Waals surface area (Å²) in [6, 6.07) is 18.6. The Kier molecular flexibility index (Phi) is 5.84. The van der Waals surface area contributed by atoms with E-state index in [-0.39, 0.29) is 17.1 Å². The molecular weight excluding hydrogens is 430 g/mol. The second-order valence-corrected chi connectivity index (χ2v) is 10.2. The number of carbonyl (C=O) groups is 2. The molecule has 1 atom stereocenters. The van der Waals surface area contributed by atoms with Gasteiger partial charge in [0.1, 0.15) is 11.3 Å². The topological polar surface area (TPSA) is 107 Å². The highest BCUT2D eigenvalue weighted by molar-refractivity contribution is 7.91. The van der Waals surface area contributed by atoms with Crippen LogP contribution < -0.4 is 5.32 Å². The molecule has 166 valence electrons. The van der Waals surface area contributed by atoms with Crippen LogP contribution in [0.5, 0.6) is 0 Å². The molecule has 1 N–H and O–H groups in total. The summed E-state index contributed by atoms with van der Waals surface area (Å²) >= 11 is 0. The van der Waals surface area contributed by atoms with Gasteiger partial charge in [-0.3, -0.25) is 4.79 Å². The summed E-state index contributed by atoms with van der Waals surface area (Å²) in [5.41, 5.74) is 1.32. The molecule has 3 aromatic rings. The summed E-state index contributed by atoms with van der Waals surface area (Å²) in [6.45, 7) is 1.16. The fourth-order valence-electron chi connectivity index (χ4n) is 3.74. The van der Waals surface area contributed by atoms with Gasteiger partial charge in [0.05, 0.1) is 22.7 Å². The molecule has 0 aliphatic carbocycles. The molecule has 0 radical (unpaired) electrons. The Balaban J connectivity index is 1.51. The fourth-order valence-corrected chi connectivity index (χ4v) is 5.83. The van der Waals surface area contributed by atoms with Crippen molar-refractivity contribution in [2.75, 3.05) is 18.1 Å². The molecule has 0 bridgehead atoms. The number of sulfone groups is 1. The molecule has 9 heteroatoms. The number of nitrogens with zero attached hydrogens (tertiary/aromatic N) is 2. The molecule has 1 aromatic heterocycles. The van der Waals surface area contributed by atoms with E-state index in [4.69, 9.17) is 4.74 Å². The summed E-state index contributed by atoms with van der Waals surface area (Å²) in [6.07, 6.45) is 1.90. The number of esters is 1. The Morgan fingerprint density at radius 3 is 2.38 bits per heavy atom. The van der Waals surface area contributed by atoms with Crippen molar-refractivity contribution in [1.29, 1.82) is 0 Å². The van der Waals surface area contributed by atoms with Crippen molar-refractivity contribution in [3.63, 3.8) is 0 Å².